The molecule has 1 aliphatic heterocycles. The van der Waals surface area contributed by atoms with Gasteiger partial charge in [-0.15, -0.1) is 11.3 Å². The summed E-state index contributed by atoms with van der Waals surface area (Å²) in [5.41, 5.74) is 2.71. The number of ether oxygens (including phenoxy) is 3. The third-order valence-electron chi connectivity index (χ3n) is 4.22. The standard InChI is InChI=1S/C21H19N3O5S/c1-12(25)22-16-7-14(17-10-30-13(2)23-17)3-5-18(16)27-9-21(26)24-15-4-6-19-20(8-15)29-11-28-19/h3-8,10H,9,11H2,1-2H3,(H,22,25)(H,24,26). The van der Waals surface area contributed by atoms with Crippen molar-refractivity contribution < 1.29 is 23.8 Å². The number of rotatable bonds is 6. The fraction of sp³-hybridized carbons (Fsp3) is 0.190. The highest BCUT2D eigenvalue weighted by Gasteiger charge is 2.15. The molecule has 8 nitrogen and oxygen atoms in total. The fourth-order valence-electron chi connectivity index (χ4n) is 2.91. The number of amides is 2. The minimum Gasteiger partial charge on any atom is -0.482 e. The molecule has 0 aliphatic carbocycles. The van der Waals surface area contributed by atoms with E-state index in [1.165, 1.54) is 6.92 Å². The number of nitrogens with one attached hydrogen (secondary N) is 2. The van der Waals surface area contributed by atoms with Gasteiger partial charge in [-0.1, -0.05) is 0 Å². The maximum atomic E-state index is 12.3. The Kier molecular flexibility index (Phi) is 5.53. The first-order chi connectivity index (χ1) is 14.5. The summed E-state index contributed by atoms with van der Waals surface area (Å²) in [5, 5.41) is 8.38. The van der Waals surface area contributed by atoms with Crippen LogP contribution in [0.15, 0.2) is 41.8 Å². The maximum absolute atomic E-state index is 12.3. The second-order valence-corrected chi connectivity index (χ2v) is 7.61. The lowest BCUT2D eigenvalue weighted by Crippen LogP contribution is -2.20. The number of anilines is 2. The maximum Gasteiger partial charge on any atom is 0.262 e. The molecule has 0 bridgehead atoms. The summed E-state index contributed by atoms with van der Waals surface area (Å²) >= 11 is 1.55. The van der Waals surface area contributed by atoms with E-state index in [-0.39, 0.29) is 25.2 Å². The molecule has 9 heteroatoms. The van der Waals surface area contributed by atoms with Crippen molar-refractivity contribution in [3.05, 3.63) is 46.8 Å². The molecule has 0 unspecified atom stereocenters. The number of carbonyl (C=O) groups is 2. The van der Waals surface area contributed by atoms with Crippen molar-refractivity contribution in [1.29, 1.82) is 0 Å². The highest BCUT2D eigenvalue weighted by molar-refractivity contribution is 7.09. The predicted octanol–water partition coefficient (Wildman–Crippen LogP) is 3.82. The Morgan fingerprint density at radius 1 is 1.13 bits per heavy atom. The van der Waals surface area contributed by atoms with Gasteiger partial charge < -0.3 is 24.8 Å². The van der Waals surface area contributed by atoms with Crippen LogP contribution < -0.4 is 24.8 Å². The first-order valence-corrected chi connectivity index (χ1v) is 10.0. The monoisotopic (exact) mass is 425 g/mol. The van der Waals surface area contributed by atoms with Gasteiger partial charge in [-0.2, -0.15) is 0 Å². The largest absolute Gasteiger partial charge is 0.482 e. The van der Waals surface area contributed by atoms with Crippen molar-refractivity contribution in [3.8, 4) is 28.5 Å². The van der Waals surface area contributed by atoms with Crippen LogP contribution in [-0.2, 0) is 9.59 Å². The quantitative estimate of drug-likeness (QED) is 0.623. The SMILES string of the molecule is CC(=O)Nc1cc(-c2csc(C)n2)ccc1OCC(=O)Nc1ccc2c(c1)OCO2. The molecular formula is C21H19N3O5S. The number of hydrogen-bond donors (Lipinski definition) is 2. The third-order valence-corrected chi connectivity index (χ3v) is 4.99. The van der Waals surface area contributed by atoms with E-state index in [0.717, 1.165) is 16.3 Å². The molecule has 0 atom stereocenters. The molecule has 2 heterocycles. The van der Waals surface area contributed by atoms with E-state index in [0.29, 0.717) is 28.6 Å². The molecule has 0 spiro atoms. The van der Waals surface area contributed by atoms with Gasteiger partial charge in [0.25, 0.3) is 5.91 Å². The number of thiazole rings is 1. The Morgan fingerprint density at radius 3 is 2.73 bits per heavy atom. The Hall–Kier alpha value is -3.59. The lowest BCUT2D eigenvalue weighted by molar-refractivity contribution is -0.118. The van der Waals surface area contributed by atoms with E-state index < -0.39 is 0 Å². The van der Waals surface area contributed by atoms with Crippen LogP contribution >= 0.6 is 11.3 Å². The summed E-state index contributed by atoms with van der Waals surface area (Å²) in [4.78, 5) is 28.4. The van der Waals surface area contributed by atoms with Gasteiger partial charge in [0.1, 0.15) is 5.75 Å². The smallest absolute Gasteiger partial charge is 0.262 e. The zero-order valence-corrected chi connectivity index (χ0v) is 17.2. The molecule has 2 amide bonds. The molecule has 3 aromatic rings. The Morgan fingerprint density at radius 2 is 1.97 bits per heavy atom. The van der Waals surface area contributed by atoms with Gasteiger partial charge in [-0.05, 0) is 37.3 Å². The summed E-state index contributed by atoms with van der Waals surface area (Å²) < 4.78 is 16.2. The number of fused-ring (bicyclic) bond motifs is 1. The lowest BCUT2D eigenvalue weighted by atomic mass is 10.1. The van der Waals surface area contributed by atoms with Gasteiger partial charge in [-0.25, -0.2) is 4.98 Å². The zero-order chi connectivity index (χ0) is 21.1. The van der Waals surface area contributed by atoms with Crippen molar-refractivity contribution in [3.63, 3.8) is 0 Å². The number of hydrogen-bond acceptors (Lipinski definition) is 7. The summed E-state index contributed by atoms with van der Waals surface area (Å²) in [5.74, 6) is 1.02. The summed E-state index contributed by atoms with van der Waals surface area (Å²) in [6.07, 6.45) is 0. The van der Waals surface area contributed by atoms with E-state index in [1.807, 2.05) is 18.4 Å². The topological polar surface area (TPSA) is 98.8 Å². The molecular weight excluding hydrogens is 406 g/mol. The number of carbonyl (C=O) groups excluding carboxylic acids is 2. The lowest BCUT2D eigenvalue weighted by Gasteiger charge is -2.13. The van der Waals surface area contributed by atoms with Crippen LogP contribution in [0.25, 0.3) is 11.3 Å². The fourth-order valence-corrected chi connectivity index (χ4v) is 3.54. The number of aromatic nitrogens is 1. The second-order valence-electron chi connectivity index (χ2n) is 6.55. The average molecular weight is 425 g/mol. The minimum atomic E-state index is -0.346. The van der Waals surface area contributed by atoms with E-state index in [9.17, 15) is 9.59 Å². The van der Waals surface area contributed by atoms with Crippen LogP contribution in [-0.4, -0.2) is 30.2 Å². The second kappa shape index (κ2) is 8.42. The van der Waals surface area contributed by atoms with E-state index in [2.05, 4.69) is 15.6 Å². The first kappa shape index (κ1) is 19.7. The minimum absolute atomic E-state index is 0.165. The number of nitrogens with zero attached hydrogens (tertiary/aromatic N) is 1. The van der Waals surface area contributed by atoms with E-state index in [4.69, 9.17) is 14.2 Å². The molecule has 154 valence electrons. The van der Waals surface area contributed by atoms with Crippen molar-refractivity contribution in [2.75, 3.05) is 24.0 Å². The van der Waals surface area contributed by atoms with Crippen LogP contribution in [0, 0.1) is 6.92 Å². The van der Waals surface area contributed by atoms with Gasteiger partial charge in [0.2, 0.25) is 12.7 Å². The normalized spacial score (nSPS) is 11.8. The van der Waals surface area contributed by atoms with Crippen molar-refractivity contribution in [2.24, 2.45) is 0 Å². The Labute approximate surface area is 176 Å². The number of benzene rings is 2. The summed E-state index contributed by atoms with van der Waals surface area (Å²) in [7, 11) is 0. The predicted molar refractivity (Wildman–Crippen MR) is 113 cm³/mol. The average Bonchev–Trinajstić information content (AvgIpc) is 3.35. The molecule has 2 aromatic carbocycles. The summed E-state index contributed by atoms with van der Waals surface area (Å²) in [6, 6.07) is 10.5. The Balaban J connectivity index is 1.45. The van der Waals surface area contributed by atoms with Crippen molar-refractivity contribution >= 4 is 34.5 Å². The third kappa shape index (κ3) is 4.52. The Bertz CT molecular complexity index is 1110. The number of aryl methyl sites for hydroxylation is 1. The molecule has 1 aromatic heterocycles. The van der Waals surface area contributed by atoms with E-state index in [1.54, 1.807) is 41.7 Å². The molecule has 30 heavy (non-hydrogen) atoms. The summed E-state index contributed by atoms with van der Waals surface area (Å²) in [6.45, 7) is 3.28. The van der Waals surface area contributed by atoms with Crippen LogP contribution in [0.5, 0.6) is 17.2 Å². The molecule has 0 radical (unpaired) electrons. The highest BCUT2D eigenvalue weighted by atomic mass is 32.1. The molecule has 1 aliphatic rings. The molecule has 2 N–H and O–H groups in total. The van der Waals surface area contributed by atoms with Crippen LogP contribution in [0.3, 0.4) is 0 Å². The molecule has 0 saturated heterocycles. The van der Waals surface area contributed by atoms with Crippen molar-refractivity contribution in [1.82, 2.24) is 4.98 Å². The van der Waals surface area contributed by atoms with Crippen LogP contribution in [0.1, 0.15) is 11.9 Å². The zero-order valence-electron chi connectivity index (χ0n) is 16.4. The van der Waals surface area contributed by atoms with Gasteiger partial charge in [0.15, 0.2) is 18.1 Å². The van der Waals surface area contributed by atoms with Gasteiger partial charge >= 0.3 is 0 Å². The van der Waals surface area contributed by atoms with Gasteiger partial charge in [-0.3, -0.25) is 9.59 Å². The first-order valence-electron chi connectivity index (χ1n) is 9.14. The highest BCUT2D eigenvalue weighted by Crippen LogP contribution is 2.34. The molecule has 0 fully saturated rings. The van der Waals surface area contributed by atoms with E-state index >= 15 is 0 Å². The van der Waals surface area contributed by atoms with Crippen LogP contribution in [0.2, 0.25) is 0 Å². The molecule has 4 rings (SSSR count). The molecule has 0 saturated carbocycles. The van der Waals surface area contributed by atoms with Crippen LogP contribution in [0.4, 0.5) is 11.4 Å². The van der Waals surface area contributed by atoms with Crippen molar-refractivity contribution in [2.45, 2.75) is 13.8 Å². The van der Waals surface area contributed by atoms with Gasteiger partial charge in [0.05, 0.1) is 16.4 Å². The van der Waals surface area contributed by atoms with Gasteiger partial charge in [0, 0.05) is 29.6 Å².